The normalized spacial score (nSPS) is 18.9. The van der Waals surface area contributed by atoms with E-state index in [0.29, 0.717) is 22.6 Å². The predicted molar refractivity (Wildman–Crippen MR) is 127 cm³/mol. The third-order valence-electron chi connectivity index (χ3n) is 6.73. The summed E-state index contributed by atoms with van der Waals surface area (Å²) in [5, 5.41) is 13.7. The molecule has 0 bridgehead atoms. The van der Waals surface area contributed by atoms with Gasteiger partial charge in [0.25, 0.3) is 5.56 Å². The van der Waals surface area contributed by atoms with E-state index < -0.39 is 0 Å². The van der Waals surface area contributed by atoms with Crippen molar-refractivity contribution >= 4 is 28.1 Å². The second-order valence-corrected chi connectivity index (χ2v) is 8.98. The molecule has 32 heavy (non-hydrogen) atoms. The minimum atomic E-state index is -0.197. The number of aliphatic hydroxyl groups is 1. The number of aromatic amines is 1. The van der Waals surface area contributed by atoms with Crippen LogP contribution in [0, 0.1) is 0 Å². The average Bonchev–Trinajstić information content (AvgIpc) is 2.80. The van der Waals surface area contributed by atoms with Crippen LogP contribution in [0.3, 0.4) is 0 Å². The highest BCUT2D eigenvalue weighted by molar-refractivity contribution is 5.92. The monoisotopic (exact) mass is 434 g/mol. The summed E-state index contributed by atoms with van der Waals surface area (Å²) < 4.78 is 0. The van der Waals surface area contributed by atoms with Crippen LogP contribution >= 0.6 is 0 Å². The summed E-state index contributed by atoms with van der Waals surface area (Å²) in [5.41, 5.74) is 3.37. The molecule has 0 aromatic carbocycles. The fourth-order valence-electron chi connectivity index (χ4n) is 4.73. The smallest absolute Gasteiger partial charge is 0.259 e. The molecule has 0 aliphatic carbocycles. The van der Waals surface area contributed by atoms with Crippen molar-refractivity contribution in [3.8, 4) is 0 Å². The predicted octanol–water partition coefficient (Wildman–Crippen LogP) is 2.83. The van der Waals surface area contributed by atoms with E-state index >= 15 is 0 Å². The first kappa shape index (κ1) is 20.9. The Morgan fingerprint density at radius 2 is 1.88 bits per heavy atom. The van der Waals surface area contributed by atoms with Gasteiger partial charge in [0, 0.05) is 30.9 Å². The zero-order chi connectivity index (χ0) is 22.1. The fourth-order valence-corrected chi connectivity index (χ4v) is 4.73. The van der Waals surface area contributed by atoms with Gasteiger partial charge in [-0.05, 0) is 70.1 Å². The van der Waals surface area contributed by atoms with Gasteiger partial charge < -0.3 is 25.2 Å². The number of aromatic nitrogens is 3. The van der Waals surface area contributed by atoms with E-state index in [1.807, 2.05) is 30.5 Å². The molecular formula is C24H30N6O2. The molecule has 2 aliphatic rings. The van der Waals surface area contributed by atoms with E-state index in [9.17, 15) is 9.90 Å². The maximum atomic E-state index is 12.6. The van der Waals surface area contributed by atoms with Gasteiger partial charge in [-0.15, -0.1) is 0 Å². The lowest BCUT2D eigenvalue weighted by molar-refractivity contribution is 0.145. The Balaban J connectivity index is 1.43. The Hall–Kier alpha value is -2.97. The SMILES string of the molecule is CN1CCC(c2cc(Nc3ccc(N4CCC(O)CC4)cn3)c3c(=O)[nH]ccc3n2)CC1. The van der Waals surface area contributed by atoms with Gasteiger partial charge in [0.1, 0.15) is 5.82 Å². The third-order valence-corrected chi connectivity index (χ3v) is 6.73. The molecule has 0 radical (unpaired) electrons. The lowest BCUT2D eigenvalue weighted by Gasteiger charge is -2.31. The first-order chi connectivity index (χ1) is 15.6. The second kappa shape index (κ2) is 8.88. The van der Waals surface area contributed by atoms with E-state index in [-0.39, 0.29) is 11.7 Å². The van der Waals surface area contributed by atoms with Crippen molar-refractivity contribution in [3.63, 3.8) is 0 Å². The Morgan fingerprint density at radius 3 is 2.59 bits per heavy atom. The topological polar surface area (TPSA) is 97.4 Å². The lowest BCUT2D eigenvalue weighted by atomic mass is 9.92. The van der Waals surface area contributed by atoms with Gasteiger partial charge in [0.15, 0.2) is 0 Å². The summed E-state index contributed by atoms with van der Waals surface area (Å²) in [7, 11) is 2.15. The zero-order valence-corrected chi connectivity index (χ0v) is 18.4. The van der Waals surface area contributed by atoms with Gasteiger partial charge in [-0.2, -0.15) is 0 Å². The molecule has 0 spiro atoms. The molecule has 5 rings (SSSR count). The van der Waals surface area contributed by atoms with Gasteiger partial charge in [0.2, 0.25) is 0 Å². The number of hydrogen-bond donors (Lipinski definition) is 3. The van der Waals surface area contributed by atoms with Crippen LogP contribution in [-0.4, -0.2) is 64.3 Å². The maximum Gasteiger partial charge on any atom is 0.259 e. The van der Waals surface area contributed by atoms with Gasteiger partial charge in [-0.1, -0.05) is 0 Å². The van der Waals surface area contributed by atoms with Crippen molar-refractivity contribution in [3.05, 3.63) is 52.7 Å². The number of fused-ring (bicyclic) bond motifs is 1. The van der Waals surface area contributed by atoms with Crippen LogP contribution in [0.1, 0.15) is 37.3 Å². The molecule has 0 saturated carbocycles. The van der Waals surface area contributed by atoms with E-state index in [1.54, 1.807) is 6.20 Å². The molecule has 3 N–H and O–H groups in total. The molecule has 8 heteroatoms. The van der Waals surface area contributed by atoms with Crippen LogP contribution in [-0.2, 0) is 0 Å². The highest BCUT2D eigenvalue weighted by atomic mass is 16.3. The van der Waals surface area contributed by atoms with Gasteiger partial charge in [-0.3, -0.25) is 9.78 Å². The summed E-state index contributed by atoms with van der Waals surface area (Å²) >= 11 is 0. The molecule has 3 aromatic rings. The molecule has 0 atom stereocenters. The van der Waals surface area contributed by atoms with Crippen molar-refractivity contribution in [1.82, 2.24) is 19.9 Å². The van der Waals surface area contributed by atoms with Crippen molar-refractivity contribution in [2.75, 3.05) is 43.4 Å². The quantitative estimate of drug-likeness (QED) is 0.581. The van der Waals surface area contributed by atoms with Crippen molar-refractivity contribution in [2.24, 2.45) is 0 Å². The summed E-state index contributed by atoms with van der Waals surface area (Å²) in [5.74, 6) is 1.08. The number of H-pyrrole nitrogens is 1. The highest BCUT2D eigenvalue weighted by Gasteiger charge is 2.22. The molecule has 2 aliphatic heterocycles. The molecule has 0 amide bonds. The number of rotatable bonds is 4. The first-order valence-corrected chi connectivity index (χ1v) is 11.4. The van der Waals surface area contributed by atoms with E-state index in [1.165, 1.54) is 0 Å². The zero-order valence-electron chi connectivity index (χ0n) is 18.4. The van der Waals surface area contributed by atoms with Crippen LogP contribution < -0.4 is 15.8 Å². The fraction of sp³-hybridized carbons (Fsp3) is 0.458. The number of anilines is 3. The summed E-state index contributed by atoms with van der Waals surface area (Å²) in [6.07, 6.45) is 7.01. The largest absolute Gasteiger partial charge is 0.393 e. The summed E-state index contributed by atoms with van der Waals surface area (Å²) in [4.78, 5) is 29.4. The second-order valence-electron chi connectivity index (χ2n) is 8.98. The summed E-state index contributed by atoms with van der Waals surface area (Å²) in [6, 6.07) is 7.87. The van der Waals surface area contributed by atoms with Crippen LogP contribution in [0.5, 0.6) is 0 Å². The van der Waals surface area contributed by atoms with Crippen LogP contribution in [0.4, 0.5) is 17.2 Å². The minimum absolute atomic E-state index is 0.157. The highest BCUT2D eigenvalue weighted by Crippen LogP contribution is 2.32. The Bertz CT molecular complexity index is 1130. The standard InChI is InChI=1S/C24H30N6O2/c1-29-10-5-16(6-11-29)20-14-21(23-19(27-20)4-9-25-24(23)32)28-22-3-2-17(15-26-22)30-12-7-18(31)8-13-30/h2-4,9,14-16,18,31H,5-8,10-13H2,1H3,(H,25,32)(H,26,27,28). The lowest BCUT2D eigenvalue weighted by Crippen LogP contribution is -2.35. The first-order valence-electron chi connectivity index (χ1n) is 11.4. The van der Waals surface area contributed by atoms with Crippen molar-refractivity contribution in [2.45, 2.75) is 37.7 Å². The summed E-state index contributed by atoms with van der Waals surface area (Å²) in [6.45, 7) is 3.78. The molecule has 168 valence electrons. The minimum Gasteiger partial charge on any atom is -0.393 e. The Labute approximate surface area is 187 Å². The van der Waals surface area contributed by atoms with Gasteiger partial charge in [0.05, 0.1) is 34.6 Å². The Morgan fingerprint density at radius 1 is 1.09 bits per heavy atom. The molecule has 5 heterocycles. The van der Waals surface area contributed by atoms with Crippen LogP contribution in [0.2, 0.25) is 0 Å². The number of hydrogen-bond acceptors (Lipinski definition) is 7. The van der Waals surface area contributed by atoms with Crippen molar-refractivity contribution < 1.29 is 5.11 Å². The number of piperidine rings is 2. The van der Waals surface area contributed by atoms with Gasteiger partial charge >= 0.3 is 0 Å². The molecule has 3 aromatic heterocycles. The molecule has 8 nitrogen and oxygen atoms in total. The maximum absolute atomic E-state index is 12.6. The molecule has 2 fully saturated rings. The van der Waals surface area contributed by atoms with Gasteiger partial charge in [-0.25, -0.2) is 4.98 Å². The van der Waals surface area contributed by atoms with Crippen LogP contribution in [0.25, 0.3) is 10.9 Å². The number of nitrogens with one attached hydrogen (secondary N) is 2. The van der Waals surface area contributed by atoms with Crippen molar-refractivity contribution in [1.29, 1.82) is 0 Å². The Kier molecular flexibility index (Phi) is 5.80. The van der Waals surface area contributed by atoms with E-state index in [2.05, 4.69) is 32.1 Å². The van der Waals surface area contributed by atoms with E-state index in [0.717, 1.165) is 68.9 Å². The van der Waals surface area contributed by atoms with Crippen LogP contribution in [0.15, 0.2) is 41.5 Å². The third kappa shape index (κ3) is 4.33. The molecule has 2 saturated heterocycles. The number of likely N-dealkylation sites (tertiary alicyclic amines) is 1. The average molecular weight is 435 g/mol. The number of pyridine rings is 3. The number of aliphatic hydroxyl groups excluding tert-OH is 1. The number of nitrogens with zero attached hydrogens (tertiary/aromatic N) is 4. The molecule has 0 unspecified atom stereocenters. The molecular weight excluding hydrogens is 404 g/mol. The van der Waals surface area contributed by atoms with E-state index in [4.69, 9.17) is 4.98 Å².